The summed E-state index contributed by atoms with van der Waals surface area (Å²) in [5.41, 5.74) is 7.42. The van der Waals surface area contributed by atoms with Gasteiger partial charge in [-0.3, -0.25) is 9.48 Å². The topological polar surface area (TPSA) is 107 Å². The number of nitrogen functional groups attached to an aromatic ring is 1. The number of aromatic nitrogens is 6. The summed E-state index contributed by atoms with van der Waals surface area (Å²) in [5, 5.41) is 8.91. The van der Waals surface area contributed by atoms with Gasteiger partial charge in [0, 0.05) is 37.8 Å². The number of hydrogen-bond donors (Lipinski definition) is 1. The third-order valence-corrected chi connectivity index (χ3v) is 5.74. The molecule has 3 aromatic heterocycles. The second-order valence-electron chi connectivity index (χ2n) is 7.84. The van der Waals surface area contributed by atoms with Crippen LogP contribution < -0.4 is 5.73 Å². The van der Waals surface area contributed by atoms with Crippen molar-refractivity contribution >= 4 is 28.4 Å². The Morgan fingerprint density at radius 2 is 2.00 bits per heavy atom. The van der Waals surface area contributed by atoms with Gasteiger partial charge in [0.15, 0.2) is 23.0 Å². The van der Waals surface area contributed by atoms with E-state index in [1.807, 2.05) is 6.92 Å². The van der Waals surface area contributed by atoms with E-state index >= 15 is 0 Å². The van der Waals surface area contributed by atoms with Gasteiger partial charge in [0.05, 0.1) is 5.39 Å². The lowest BCUT2D eigenvalue weighted by Gasteiger charge is -2.30. The minimum atomic E-state index is -0.811. The Morgan fingerprint density at radius 1 is 1.19 bits per heavy atom. The van der Waals surface area contributed by atoms with E-state index in [9.17, 15) is 13.6 Å². The van der Waals surface area contributed by atoms with E-state index in [-0.39, 0.29) is 34.3 Å². The number of halogens is 2. The first kappa shape index (κ1) is 19.3. The first-order valence-corrected chi connectivity index (χ1v) is 9.92. The fourth-order valence-electron chi connectivity index (χ4n) is 4.05. The first-order valence-electron chi connectivity index (χ1n) is 9.92. The highest BCUT2D eigenvalue weighted by Crippen LogP contribution is 2.29. The molecule has 160 valence electrons. The fourth-order valence-corrected chi connectivity index (χ4v) is 4.05. The molecule has 0 saturated carbocycles. The van der Waals surface area contributed by atoms with E-state index < -0.39 is 11.6 Å². The van der Waals surface area contributed by atoms with E-state index in [4.69, 9.17) is 5.73 Å². The maximum absolute atomic E-state index is 14.2. The molecule has 9 nitrogen and oxygen atoms in total. The number of nitrogens with zero attached hydrogens (tertiary/aromatic N) is 7. The van der Waals surface area contributed by atoms with Gasteiger partial charge in [-0.15, -0.1) is 5.10 Å². The number of carbonyl (C=O) groups excluding carboxylic acids is 1. The standard InChI is InChI=1S/C20H20F2N8O/c1-10-6-15(26-28(10)2)19(31)29-5-3-4-11(9-29)17-25-18-13-7-12(21)8-14(22)16(13)24-20(23)30(18)27-17/h6-8,11H,3-5,9H2,1-2H3,(H2,23,24)/t11-/m1/s1. The molecule has 1 aliphatic rings. The van der Waals surface area contributed by atoms with E-state index in [0.29, 0.717) is 24.6 Å². The Kier molecular flexibility index (Phi) is 4.34. The molecule has 0 bridgehead atoms. The molecule has 0 unspecified atom stereocenters. The summed E-state index contributed by atoms with van der Waals surface area (Å²) in [6, 6.07) is 3.68. The maximum atomic E-state index is 14.2. The Bertz CT molecular complexity index is 1320. The summed E-state index contributed by atoms with van der Waals surface area (Å²) in [6.07, 6.45) is 1.55. The van der Waals surface area contributed by atoms with E-state index in [0.717, 1.165) is 24.6 Å². The average molecular weight is 426 g/mol. The predicted molar refractivity (Wildman–Crippen MR) is 108 cm³/mol. The van der Waals surface area contributed by atoms with Gasteiger partial charge < -0.3 is 10.6 Å². The largest absolute Gasteiger partial charge is 0.368 e. The van der Waals surface area contributed by atoms with E-state index in [1.54, 1.807) is 22.7 Å². The lowest BCUT2D eigenvalue weighted by Crippen LogP contribution is -2.39. The molecule has 2 N–H and O–H groups in total. The minimum Gasteiger partial charge on any atom is -0.368 e. The molecular formula is C20H20F2N8O. The van der Waals surface area contributed by atoms with Crippen molar-refractivity contribution in [1.29, 1.82) is 0 Å². The van der Waals surface area contributed by atoms with Crippen LogP contribution in [0.3, 0.4) is 0 Å². The summed E-state index contributed by atoms with van der Waals surface area (Å²) in [7, 11) is 1.79. The zero-order chi connectivity index (χ0) is 21.9. The third kappa shape index (κ3) is 3.16. The number of benzene rings is 1. The van der Waals surface area contributed by atoms with Crippen LogP contribution in [0.5, 0.6) is 0 Å². The molecule has 0 aliphatic carbocycles. The van der Waals surface area contributed by atoms with E-state index in [1.165, 1.54) is 10.6 Å². The second kappa shape index (κ2) is 6.96. The van der Waals surface area contributed by atoms with Gasteiger partial charge >= 0.3 is 0 Å². The molecule has 11 heteroatoms. The van der Waals surface area contributed by atoms with Gasteiger partial charge in [-0.1, -0.05) is 0 Å². The Balaban J connectivity index is 1.51. The van der Waals surface area contributed by atoms with Crippen LogP contribution in [-0.2, 0) is 7.05 Å². The van der Waals surface area contributed by atoms with Crippen molar-refractivity contribution in [3.05, 3.63) is 47.0 Å². The summed E-state index contributed by atoms with van der Waals surface area (Å²) in [6.45, 7) is 2.92. The fraction of sp³-hybridized carbons (Fsp3) is 0.350. The zero-order valence-electron chi connectivity index (χ0n) is 17.0. The van der Waals surface area contributed by atoms with Crippen LogP contribution in [0, 0.1) is 18.6 Å². The number of fused-ring (bicyclic) bond motifs is 3. The maximum Gasteiger partial charge on any atom is 0.274 e. The van der Waals surface area contributed by atoms with Gasteiger partial charge in [0.25, 0.3) is 5.91 Å². The molecule has 4 heterocycles. The number of nitrogens with two attached hydrogens (primary N) is 1. The van der Waals surface area contributed by atoms with Crippen molar-refractivity contribution in [3.8, 4) is 0 Å². The van der Waals surface area contributed by atoms with E-state index in [2.05, 4.69) is 20.2 Å². The van der Waals surface area contributed by atoms with Crippen LogP contribution in [0.2, 0.25) is 0 Å². The van der Waals surface area contributed by atoms with Crippen molar-refractivity contribution in [3.63, 3.8) is 0 Å². The number of piperidine rings is 1. The van der Waals surface area contributed by atoms with Crippen molar-refractivity contribution in [2.75, 3.05) is 18.8 Å². The molecule has 1 fully saturated rings. The summed E-state index contributed by atoms with van der Waals surface area (Å²) in [4.78, 5) is 23.2. The summed E-state index contributed by atoms with van der Waals surface area (Å²) >= 11 is 0. The molecule has 1 amide bonds. The second-order valence-corrected chi connectivity index (χ2v) is 7.84. The van der Waals surface area contributed by atoms with Gasteiger partial charge in [0.2, 0.25) is 5.95 Å². The van der Waals surface area contributed by atoms with Gasteiger partial charge in [0.1, 0.15) is 11.3 Å². The van der Waals surface area contributed by atoms with Crippen LogP contribution in [-0.4, -0.2) is 53.3 Å². The highest BCUT2D eigenvalue weighted by molar-refractivity contribution is 5.93. The zero-order valence-corrected chi connectivity index (χ0v) is 17.0. The molecule has 0 spiro atoms. The summed E-state index contributed by atoms with van der Waals surface area (Å²) in [5.74, 6) is -1.42. The van der Waals surface area contributed by atoms with Crippen molar-refractivity contribution in [2.24, 2.45) is 7.05 Å². The highest BCUT2D eigenvalue weighted by atomic mass is 19.1. The lowest BCUT2D eigenvalue weighted by atomic mass is 9.97. The normalized spacial score (nSPS) is 17.0. The van der Waals surface area contributed by atoms with Crippen LogP contribution in [0.4, 0.5) is 14.7 Å². The molecule has 1 saturated heterocycles. The van der Waals surface area contributed by atoms with Crippen LogP contribution >= 0.6 is 0 Å². The lowest BCUT2D eigenvalue weighted by molar-refractivity contribution is 0.0698. The Morgan fingerprint density at radius 3 is 2.74 bits per heavy atom. The molecule has 1 atom stereocenters. The molecule has 4 aromatic rings. The number of carbonyl (C=O) groups is 1. The molecular weight excluding hydrogens is 406 g/mol. The minimum absolute atomic E-state index is 0.0422. The van der Waals surface area contributed by atoms with Gasteiger partial charge in [-0.2, -0.15) is 9.61 Å². The molecule has 5 rings (SSSR count). The molecule has 1 aliphatic heterocycles. The van der Waals surface area contributed by atoms with Crippen molar-refractivity contribution in [2.45, 2.75) is 25.7 Å². The Hall–Kier alpha value is -3.63. The number of hydrogen-bond acceptors (Lipinski definition) is 6. The Labute approximate surface area is 175 Å². The van der Waals surface area contributed by atoms with Gasteiger partial charge in [-0.05, 0) is 31.9 Å². The van der Waals surface area contributed by atoms with Crippen molar-refractivity contribution in [1.82, 2.24) is 34.3 Å². The average Bonchev–Trinajstić information content (AvgIpc) is 3.33. The number of anilines is 1. The van der Waals surface area contributed by atoms with Crippen LogP contribution in [0.1, 0.15) is 40.8 Å². The smallest absolute Gasteiger partial charge is 0.274 e. The number of likely N-dealkylation sites (tertiary alicyclic amines) is 1. The SMILES string of the molecule is Cc1cc(C(=O)N2CCC[C@@H](c3nc4c5cc(F)cc(F)c5nc(N)n4n3)C2)nn1C. The quantitative estimate of drug-likeness (QED) is 0.527. The van der Waals surface area contributed by atoms with Gasteiger partial charge in [-0.25, -0.2) is 18.7 Å². The van der Waals surface area contributed by atoms with Crippen molar-refractivity contribution < 1.29 is 13.6 Å². The number of amides is 1. The van der Waals surface area contributed by atoms with Crippen LogP contribution in [0.25, 0.3) is 16.6 Å². The van der Waals surface area contributed by atoms with Crippen LogP contribution in [0.15, 0.2) is 18.2 Å². The molecule has 31 heavy (non-hydrogen) atoms. The first-order chi connectivity index (χ1) is 14.8. The molecule has 1 aromatic carbocycles. The highest BCUT2D eigenvalue weighted by Gasteiger charge is 2.30. The summed E-state index contributed by atoms with van der Waals surface area (Å²) < 4.78 is 30.9. The number of rotatable bonds is 2. The third-order valence-electron chi connectivity index (χ3n) is 5.74. The molecule has 0 radical (unpaired) electrons. The predicted octanol–water partition coefficient (Wildman–Crippen LogP) is 2.20. The monoisotopic (exact) mass is 426 g/mol. The number of aryl methyl sites for hydroxylation is 2.